The van der Waals surface area contributed by atoms with Gasteiger partial charge in [0.15, 0.2) is 10.9 Å². The summed E-state index contributed by atoms with van der Waals surface area (Å²) in [5.41, 5.74) is 2.27. The van der Waals surface area contributed by atoms with Crippen molar-refractivity contribution in [3.05, 3.63) is 35.2 Å². The maximum absolute atomic E-state index is 13.5. The lowest BCUT2D eigenvalue weighted by atomic mass is 10.0. The van der Waals surface area contributed by atoms with E-state index < -0.39 is 23.6 Å². The highest BCUT2D eigenvalue weighted by Crippen LogP contribution is 2.32. The summed E-state index contributed by atoms with van der Waals surface area (Å²) in [6, 6.07) is 5.84. The van der Waals surface area contributed by atoms with Gasteiger partial charge in [-0.15, -0.1) is 22.9 Å². The van der Waals surface area contributed by atoms with Crippen LogP contribution in [0.5, 0.6) is 0 Å². The lowest BCUT2D eigenvalue weighted by Gasteiger charge is -2.32. The van der Waals surface area contributed by atoms with E-state index in [1.165, 1.54) is 4.90 Å². The van der Waals surface area contributed by atoms with E-state index in [0.29, 0.717) is 12.0 Å². The molecular formula is C27H34ClN5O4S. The summed E-state index contributed by atoms with van der Waals surface area (Å²) in [7, 11) is 2.13. The SMILES string of the molecule is CC(C)C[C@H](NC(=O)c1ccc(-c2csc(N3CCN(C)CC3)n2)cc1)C(=O)N1C[C@@H](Cl)C2OCC(=O)C21. The summed E-state index contributed by atoms with van der Waals surface area (Å²) in [5, 5.41) is 5.52. The third-order valence-electron chi connectivity index (χ3n) is 7.42. The number of hydrogen-bond donors (Lipinski definition) is 1. The Morgan fingerprint density at radius 2 is 1.89 bits per heavy atom. The zero-order valence-electron chi connectivity index (χ0n) is 21.9. The van der Waals surface area contributed by atoms with Crippen LogP contribution in [0, 0.1) is 5.92 Å². The number of halogens is 1. The maximum Gasteiger partial charge on any atom is 0.251 e. The van der Waals surface area contributed by atoms with Gasteiger partial charge in [0.05, 0.1) is 11.1 Å². The number of carbonyl (C=O) groups is 3. The molecule has 1 N–H and O–H groups in total. The number of piperazine rings is 1. The number of anilines is 1. The molecule has 3 fully saturated rings. The number of nitrogens with one attached hydrogen (secondary N) is 1. The van der Waals surface area contributed by atoms with Crippen LogP contribution in [-0.2, 0) is 14.3 Å². The van der Waals surface area contributed by atoms with Crippen molar-refractivity contribution in [2.75, 3.05) is 51.3 Å². The zero-order valence-corrected chi connectivity index (χ0v) is 23.5. The Morgan fingerprint density at radius 1 is 1.18 bits per heavy atom. The molecule has 4 atom stereocenters. The van der Waals surface area contributed by atoms with Crippen LogP contribution >= 0.6 is 22.9 Å². The van der Waals surface area contributed by atoms with Crippen molar-refractivity contribution < 1.29 is 19.1 Å². The molecule has 4 heterocycles. The van der Waals surface area contributed by atoms with Crippen LogP contribution in [0.4, 0.5) is 5.13 Å². The van der Waals surface area contributed by atoms with Gasteiger partial charge in [-0.05, 0) is 31.5 Å². The molecule has 5 rings (SSSR count). The van der Waals surface area contributed by atoms with Crippen LogP contribution in [-0.4, -0.2) is 102 Å². The van der Waals surface area contributed by atoms with Gasteiger partial charge in [0.1, 0.15) is 24.8 Å². The number of likely N-dealkylation sites (N-methyl/N-ethyl adjacent to an activating group) is 1. The Morgan fingerprint density at radius 3 is 2.58 bits per heavy atom. The monoisotopic (exact) mass is 559 g/mol. The number of nitrogens with zero attached hydrogens (tertiary/aromatic N) is 4. The summed E-state index contributed by atoms with van der Waals surface area (Å²) in [4.78, 5) is 50.0. The van der Waals surface area contributed by atoms with Gasteiger partial charge in [0.25, 0.3) is 5.91 Å². The first-order valence-corrected chi connectivity index (χ1v) is 14.4. The summed E-state index contributed by atoms with van der Waals surface area (Å²) in [6.45, 7) is 8.15. The Kier molecular flexibility index (Phi) is 8.04. The highest BCUT2D eigenvalue weighted by Gasteiger charge is 2.52. The molecule has 0 bridgehead atoms. The van der Waals surface area contributed by atoms with Crippen LogP contribution in [0.2, 0.25) is 0 Å². The summed E-state index contributed by atoms with van der Waals surface area (Å²) in [5.74, 6) is -0.611. The predicted octanol–water partition coefficient (Wildman–Crippen LogP) is 2.49. The highest BCUT2D eigenvalue weighted by atomic mass is 35.5. The van der Waals surface area contributed by atoms with Crippen molar-refractivity contribution in [3.8, 4) is 11.3 Å². The van der Waals surface area contributed by atoms with Gasteiger partial charge in [0, 0.05) is 49.2 Å². The minimum absolute atomic E-state index is 0.0360. The predicted molar refractivity (Wildman–Crippen MR) is 148 cm³/mol. The minimum Gasteiger partial charge on any atom is -0.366 e. The molecule has 204 valence electrons. The lowest BCUT2D eigenvalue weighted by molar-refractivity contribution is -0.138. The molecule has 2 aromatic rings. The van der Waals surface area contributed by atoms with Gasteiger partial charge < -0.3 is 24.8 Å². The molecule has 2 amide bonds. The van der Waals surface area contributed by atoms with Crippen LogP contribution in [0.3, 0.4) is 0 Å². The topological polar surface area (TPSA) is 95.1 Å². The van der Waals surface area contributed by atoms with E-state index >= 15 is 0 Å². The van der Waals surface area contributed by atoms with Crippen LogP contribution < -0.4 is 10.2 Å². The summed E-state index contributed by atoms with van der Waals surface area (Å²) in [6.07, 6.45) is -0.0366. The molecule has 3 aliphatic heterocycles. The first-order chi connectivity index (χ1) is 18.2. The average molecular weight is 560 g/mol. The molecule has 11 heteroatoms. The van der Waals surface area contributed by atoms with Crippen molar-refractivity contribution >= 4 is 45.7 Å². The molecule has 3 aliphatic rings. The van der Waals surface area contributed by atoms with Crippen molar-refractivity contribution in [1.29, 1.82) is 0 Å². The molecule has 0 radical (unpaired) electrons. The third kappa shape index (κ3) is 5.59. The van der Waals surface area contributed by atoms with Gasteiger partial charge in [-0.3, -0.25) is 14.4 Å². The number of aromatic nitrogens is 1. The normalized spacial score (nSPS) is 24.7. The molecule has 0 spiro atoms. The number of ketones is 1. The maximum atomic E-state index is 13.5. The third-order valence-corrected chi connectivity index (χ3v) is 8.71. The summed E-state index contributed by atoms with van der Waals surface area (Å²) >= 11 is 8.01. The average Bonchev–Trinajstić information content (AvgIpc) is 3.62. The fourth-order valence-corrected chi connectivity index (χ4v) is 6.54. The van der Waals surface area contributed by atoms with Crippen molar-refractivity contribution in [2.24, 2.45) is 5.92 Å². The molecule has 9 nitrogen and oxygen atoms in total. The van der Waals surface area contributed by atoms with Gasteiger partial charge >= 0.3 is 0 Å². The number of thiazole rings is 1. The first-order valence-electron chi connectivity index (χ1n) is 13.1. The van der Waals surface area contributed by atoms with Crippen molar-refractivity contribution in [2.45, 2.75) is 43.8 Å². The lowest BCUT2D eigenvalue weighted by Crippen LogP contribution is -2.52. The van der Waals surface area contributed by atoms with Crippen LogP contribution in [0.15, 0.2) is 29.6 Å². The molecule has 2 unspecified atom stereocenters. The number of likely N-dealkylation sites (tertiary alicyclic amines) is 1. The van der Waals surface area contributed by atoms with Gasteiger partial charge in [-0.1, -0.05) is 26.0 Å². The van der Waals surface area contributed by atoms with Crippen molar-refractivity contribution in [1.82, 2.24) is 20.1 Å². The minimum atomic E-state index is -0.761. The van der Waals surface area contributed by atoms with E-state index in [1.54, 1.807) is 23.5 Å². The Labute approximate surface area is 232 Å². The Hall–Kier alpha value is -2.53. The zero-order chi connectivity index (χ0) is 27.0. The second-order valence-electron chi connectivity index (χ2n) is 10.7. The smallest absolute Gasteiger partial charge is 0.251 e. The number of carbonyl (C=O) groups excluding carboxylic acids is 3. The molecular weight excluding hydrogens is 526 g/mol. The quantitative estimate of drug-likeness (QED) is 0.521. The fourth-order valence-electron chi connectivity index (χ4n) is 5.29. The van der Waals surface area contributed by atoms with Gasteiger partial charge in [-0.2, -0.15) is 0 Å². The molecule has 0 saturated carbocycles. The second kappa shape index (κ2) is 11.3. The number of rotatable bonds is 7. The van der Waals surface area contributed by atoms with Crippen molar-refractivity contribution in [3.63, 3.8) is 0 Å². The highest BCUT2D eigenvalue weighted by molar-refractivity contribution is 7.14. The number of alkyl halides is 1. The molecule has 38 heavy (non-hydrogen) atoms. The van der Waals surface area contributed by atoms with E-state index in [-0.39, 0.29) is 36.7 Å². The van der Waals surface area contributed by atoms with Gasteiger partial charge in [-0.25, -0.2) is 4.98 Å². The van der Waals surface area contributed by atoms with Crippen LogP contribution in [0.25, 0.3) is 11.3 Å². The molecule has 1 aromatic heterocycles. The van der Waals surface area contributed by atoms with E-state index in [0.717, 1.165) is 42.6 Å². The second-order valence-corrected chi connectivity index (χ2v) is 12.1. The standard InChI is InChI=1S/C27H34ClN5O4S/c1-16(2)12-20(26(36)33-13-19(28)24-23(33)22(34)14-37-24)29-25(35)18-6-4-17(5-7-18)21-15-38-27(30-21)32-10-8-31(3)9-11-32/h4-7,15-16,19-20,23-24H,8-14H2,1-3H3,(H,29,35)/t19-,20+,23?,24?/m1/s1. The van der Waals surface area contributed by atoms with E-state index in [4.69, 9.17) is 21.3 Å². The number of ether oxygens (including phenoxy) is 1. The first kappa shape index (κ1) is 27.1. The molecule has 3 saturated heterocycles. The Balaban J connectivity index is 1.26. The fraction of sp³-hybridized carbons (Fsp3) is 0.556. The number of Topliss-reactive ketones (excluding diaryl/α,β-unsaturated/α-hetero) is 1. The van der Waals surface area contributed by atoms with Crippen LogP contribution in [0.1, 0.15) is 30.6 Å². The van der Waals surface area contributed by atoms with E-state index in [2.05, 4.69) is 22.2 Å². The van der Waals surface area contributed by atoms with E-state index in [9.17, 15) is 14.4 Å². The number of benzene rings is 1. The molecule has 0 aliphatic carbocycles. The largest absolute Gasteiger partial charge is 0.366 e. The van der Waals surface area contributed by atoms with Gasteiger partial charge in [0.2, 0.25) is 5.91 Å². The van der Waals surface area contributed by atoms with E-state index in [1.807, 2.05) is 31.4 Å². The number of fused-ring (bicyclic) bond motifs is 1. The number of amides is 2. The summed E-state index contributed by atoms with van der Waals surface area (Å²) < 4.78 is 5.51. The Bertz CT molecular complexity index is 1180. The number of hydrogen-bond acceptors (Lipinski definition) is 8. The molecule has 1 aromatic carbocycles.